The normalized spacial score (nSPS) is 16.3. The van der Waals surface area contributed by atoms with Crippen molar-refractivity contribution in [3.05, 3.63) is 35.7 Å². The number of aromatic nitrogens is 2. The minimum absolute atomic E-state index is 0.0460. The number of hydrogen-bond acceptors (Lipinski definition) is 6. The van der Waals surface area contributed by atoms with Gasteiger partial charge in [0, 0.05) is 18.7 Å². The van der Waals surface area contributed by atoms with Crippen LogP contribution in [0.3, 0.4) is 0 Å². The third-order valence-electron chi connectivity index (χ3n) is 4.04. The lowest BCUT2D eigenvalue weighted by Crippen LogP contribution is -2.41. The van der Waals surface area contributed by atoms with Crippen LogP contribution >= 0.6 is 0 Å². The number of hydrogen-bond donors (Lipinski definition) is 0. The fourth-order valence-corrected chi connectivity index (χ4v) is 4.13. The first-order valence-electron chi connectivity index (χ1n) is 8.04. The summed E-state index contributed by atoms with van der Waals surface area (Å²) in [5.74, 6) is -1.63. The van der Waals surface area contributed by atoms with Gasteiger partial charge >= 0.3 is 22.3 Å². The Morgan fingerprint density at radius 1 is 1.22 bits per heavy atom. The van der Waals surface area contributed by atoms with Crippen molar-refractivity contribution >= 4 is 10.2 Å². The molecule has 148 valence electrons. The summed E-state index contributed by atoms with van der Waals surface area (Å²) in [6, 6.07) is 6.09. The molecule has 1 aliphatic rings. The first kappa shape index (κ1) is 19.7. The van der Waals surface area contributed by atoms with Crippen LogP contribution in [0, 0.1) is 0 Å². The van der Waals surface area contributed by atoms with Gasteiger partial charge in [-0.3, -0.25) is 4.84 Å². The van der Waals surface area contributed by atoms with Crippen LogP contribution < -0.4 is 0 Å². The van der Waals surface area contributed by atoms with E-state index in [1.807, 2.05) is 0 Å². The summed E-state index contributed by atoms with van der Waals surface area (Å²) in [7, 11) is -2.48. The van der Waals surface area contributed by atoms with Gasteiger partial charge in [-0.05, 0) is 18.4 Å². The lowest BCUT2D eigenvalue weighted by Gasteiger charge is -2.25. The molecule has 0 saturated carbocycles. The van der Waals surface area contributed by atoms with Crippen LogP contribution in [0.2, 0.25) is 0 Å². The van der Waals surface area contributed by atoms with Gasteiger partial charge in [-0.2, -0.15) is 30.9 Å². The van der Waals surface area contributed by atoms with Crippen LogP contribution in [0.4, 0.5) is 13.2 Å². The minimum atomic E-state index is -4.71. The van der Waals surface area contributed by atoms with Crippen LogP contribution in [-0.2, 0) is 27.8 Å². The average molecular weight is 406 g/mol. The van der Waals surface area contributed by atoms with E-state index in [9.17, 15) is 21.6 Å². The monoisotopic (exact) mass is 406 g/mol. The van der Waals surface area contributed by atoms with Crippen LogP contribution in [0.25, 0.3) is 11.4 Å². The molecule has 2 heterocycles. The Morgan fingerprint density at radius 2 is 1.85 bits per heavy atom. The number of nitrogens with zero attached hydrogens (tertiary/aromatic N) is 4. The van der Waals surface area contributed by atoms with Gasteiger partial charge in [-0.1, -0.05) is 33.9 Å². The second kappa shape index (κ2) is 7.54. The smallest absolute Gasteiger partial charge is 0.329 e. The molecule has 0 N–H and O–H groups in total. The zero-order valence-electron chi connectivity index (χ0n) is 14.3. The van der Waals surface area contributed by atoms with Gasteiger partial charge in [-0.25, -0.2) is 0 Å². The highest BCUT2D eigenvalue weighted by Crippen LogP contribution is 2.29. The Morgan fingerprint density at radius 3 is 2.37 bits per heavy atom. The maximum absolute atomic E-state index is 12.5. The van der Waals surface area contributed by atoms with Crippen molar-refractivity contribution in [3.8, 4) is 11.4 Å². The number of hydroxylamine groups is 1. The van der Waals surface area contributed by atoms with E-state index < -0.39 is 22.3 Å². The topological polar surface area (TPSA) is 88.8 Å². The molecular formula is C15H17F3N4O4S. The molecule has 0 bridgehead atoms. The first-order valence-corrected chi connectivity index (χ1v) is 9.43. The van der Waals surface area contributed by atoms with Gasteiger partial charge < -0.3 is 4.52 Å². The maximum atomic E-state index is 12.5. The van der Waals surface area contributed by atoms with Crippen LogP contribution in [0.15, 0.2) is 28.8 Å². The van der Waals surface area contributed by atoms with Crippen molar-refractivity contribution in [1.29, 1.82) is 0 Å². The van der Waals surface area contributed by atoms with Gasteiger partial charge in [0.2, 0.25) is 5.82 Å². The van der Waals surface area contributed by atoms with Crippen LogP contribution in [0.5, 0.6) is 0 Å². The number of benzene rings is 1. The third kappa shape index (κ3) is 4.29. The number of halogens is 3. The highest BCUT2D eigenvalue weighted by atomic mass is 32.2. The molecule has 12 heteroatoms. The Balaban J connectivity index is 1.74. The average Bonchev–Trinajstić information content (AvgIpc) is 3.31. The van der Waals surface area contributed by atoms with E-state index in [2.05, 4.69) is 14.7 Å². The first-order chi connectivity index (χ1) is 12.7. The minimum Gasteiger partial charge on any atom is -0.329 e. The summed E-state index contributed by atoms with van der Waals surface area (Å²) in [6.45, 7) is 0.844. The molecule has 8 nitrogen and oxygen atoms in total. The van der Waals surface area contributed by atoms with Crippen molar-refractivity contribution in [2.45, 2.75) is 25.6 Å². The summed E-state index contributed by atoms with van der Waals surface area (Å²) in [4.78, 5) is 8.34. The Labute approximate surface area is 153 Å². The van der Waals surface area contributed by atoms with E-state index in [1.165, 1.54) is 23.5 Å². The molecule has 0 amide bonds. The van der Waals surface area contributed by atoms with Crippen molar-refractivity contribution in [1.82, 2.24) is 18.9 Å². The van der Waals surface area contributed by atoms with Crippen LogP contribution in [-0.4, -0.2) is 47.5 Å². The van der Waals surface area contributed by atoms with E-state index in [0.717, 1.165) is 17.3 Å². The summed E-state index contributed by atoms with van der Waals surface area (Å²) in [6.07, 6.45) is -3.11. The fourth-order valence-electron chi connectivity index (χ4n) is 2.65. The van der Waals surface area contributed by atoms with E-state index in [1.54, 1.807) is 12.1 Å². The molecule has 0 atom stereocenters. The fraction of sp³-hybridized carbons (Fsp3) is 0.467. The van der Waals surface area contributed by atoms with E-state index in [4.69, 9.17) is 4.84 Å². The van der Waals surface area contributed by atoms with Crippen molar-refractivity contribution in [2.24, 2.45) is 0 Å². The van der Waals surface area contributed by atoms with E-state index in [-0.39, 0.29) is 12.4 Å². The molecule has 1 aromatic carbocycles. The molecule has 27 heavy (non-hydrogen) atoms. The molecule has 0 aliphatic carbocycles. The predicted octanol–water partition coefficient (Wildman–Crippen LogP) is 2.46. The lowest BCUT2D eigenvalue weighted by atomic mass is 10.1. The van der Waals surface area contributed by atoms with Gasteiger partial charge in [0.15, 0.2) is 0 Å². The molecule has 0 radical (unpaired) electrons. The standard InChI is InChI=1S/C15H17F3N4O4S/c1-25-22(27(23,24)21-8-2-3-9-21)10-11-4-6-12(7-5-11)13-19-14(26-20-13)15(16,17)18/h4-7H,2-3,8-10H2,1H3. The Bertz CT molecular complexity index is 877. The summed E-state index contributed by atoms with van der Waals surface area (Å²) < 4.78 is 69.1. The van der Waals surface area contributed by atoms with Crippen molar-refractivity contribution in [2.75, 3.05) is 20.2 Å². The quantitative estimate of drug-likeness (QED) is 0.685. The van der Waals surface area contributed by atoms with Gasteiger partial charge in [0.25, 0.3) is 0 Å². The van der Waals surface area contributed by atoms with E-state index in [0.29, 0.717) is 24.2 Å². The van der Waals surface area contributed by atoms with Crippen LogP contribution in [0.1, 0.15) is 24.3 Å². The van der Waals surface area contributed by atoms with Crippen molar-refractivity contribution in [3.63, 3.8) is 0 Å². The molecule has 2 aromatic rings. The highest BCUT2D eigenvalue weighted by molar-refractivity contribution is 7.86. The Hall–Kier alpha value is -2.02. The molecule has 1 fully saturated rings. The maximum Gasteiger partial charge on any atom is 0.471 e. The van der Waals surface area contributed by atoms with E-state index >= 15 is 0 Å². The van der Waals surface area contributed by atoms with Crippen molar-refractivity contribution < 1.29 is 30.9 Å². The lowest BCUT2D eigenvalue weighted by molar-refractivity contribution is -0.159. The summed E-state index contributed by atoms with van der Waals surface area (Å²) in [5.41, 5.74) is 0.896. The molecule has 1 saturated heterocycles. The summed E-state index contributed by atoms with van der Waals surface area (Å²) in [5, 5.41) is 3.31. The van der Waals surface area contributed by atoms with Gasteiger partial charge in [0.05, 0.1) is 13.7 Å². The second-order valence-corrected chi connectivity index (χ2v) is 7.69. The molecule has 0 unspecified atom stereocenters. The largest absolute Gasteiger partial charge is 0.471 e. The molecular weight excluding hydrogens is 389 g/mol. The third-order valence-corrected chi connectivity index (χ3v) is 5.86. The Kier molecular flexibility index (Phi) is 5.51. The summed E-state index contributed by atoms with van der Waals surface area (Å²) >= 11 is 0. The molecule has 0 spiro atoms. The molecule has 1 aromatic heterocycles. The zero-order valence-corrected chi connectivity index (χ0v) is 15.1. The predicted molar refractivity (Wildman–Crippen MR) is 87.0 cm³/mol. The van der Waals surface area contributed by atoms with Gasteiger partial charge in [0.1, 0.15) is 0 Å². The number of rotatable bonds is 6. The number of alkyl halides is 3. The zero-order chi connectivity index (χ0) is 19.7. The SMILES string of the molecule is CON(Cc1ccc(-c2noc(C(F)(F)F)n2)cc1)S(=O)(=O)N1CCCC1. The van der Waals surface area contributed by atoms with Gasteiger partial charge in [-0.15, -0.1) is 0 Å². The molecule has 1 aliphatic heterocycles. The molecule has 3 rings (SSSR count). The second-order valence-electron chi connectivity index (χ2n) is 5.88. The highest BCUT2D eigenvalue weighted by Gasteiger charge is 2.38.